The summed E-state index contributed by atoms with van der Waals surface area (Å²) in [5.74, 6) is -0.752. The van der Waals surface area contributed by atoms with Crippen LogP contribution in [0.2, 0.25) is 0 Å². The lowest BCUT2D eigenvalue weighted by Gasteiger charge is -1.85. The fourth-order valence-electron chi connectivity index (χ4n) is 0.238. The van der Waals surface area contributed by atoms with Crippen LogP contribution in [-0.4, -0.2) is 16.3 Å². The number of carbonyl (C=O) groups is 1. The van der Waals surface area contributed by atoms with Crippen LogP contribution in [0.15, 0.2) is 0 Å². The van der Waals surface area contributed by atoms with Gasteiger partial charge in [-0.3, -0.25) is 5.41 Å². The van der Waals surface area contributed by atoms with Crippen LogP contribution in [0.4, 0.5) is 0 Å². The van der Waals surface area contributed by atoms with Crippen LogP contribution in [0, 0.1) is 11.3 Å². The van der Waals surface area contributed by atoms with Gasteiger partial charge in [0.1, 0.15) is 0 Å². The van der Waals surface area contributed by atoms with E-state index in [-0.39, 0.29) is 10.1 Å². The number of hydrogen-bond acceptors (Lipinski definition) is 3. The van der Waals surface area contributed by atoms with Crippen molar-refractivity contribution in [3.05, 3.63) is 5.92 Å². The summed E-state index contributed by atoms with van der Waals surface area (Å²) in [6.07, 6.45) is 0.789. The van der Waals surface area contributed by atoms with Crippen LogP contribution in [0.5, 0.6) is 0 Å². The third-order valence-corrected chi connectivity index (χ3v) is 1.10. The molecule has 0 unspecified atom stereocenters. The lowest BCUT2D eigenvalue weighted by atomic mass is 10.2. The molecular formula is C4H5N2OS2+. The molecule has 9 heavy (non-hydrogen) atoms. The van der Waals surface area contributed by atoms with Crippen LogP contribution >= 0.6 is 24.8 Å². The second-order valence-corrected chi connectivity index (χ2v) is 2.39. The van der Waals surface area contributed by atoms with E-state index in [0.717, 1.165) is 6.21 Å². The number of amides is 1. The van der Waals surface area contributed by atoms with Crippen molar-refractivity contribution in [2.45, 2.75) is 0 Å². The van der Waals surface area contributed by atoms with Gasteiger partial charge in [-0.05, 0) is 12.2 Å². The molecule has 0 bridgehead atoms. The van der Waals surface area contributed by atoms with Crippen LogP contribution in [0.3, 0.4) is 0 Å². The minimum Gasteiger partial charge on any atom is -0.328 e. The Morgan fingerprint density at radius 1 is 1.89 bits per heavy atom. The quantitative estimate of drug-likeness (QED) is 0.235. The molecule has 0 spiro atoms. The van der Waals surface area contributed by atoms with Crippen molar-refractivity contribution in [2.75, 3.05) is 0 Å². The van der Waals surface area contributed by atoms with Gasteiger partial charge in [-0.15, -0.1) is 0 Å². The van der Waals surface area contributed by atoms with Crippen molar-refractivity contribution in [3.8, 4) is 0 Å². The third-order valence-electron chi connectivity index (χ3n) is 0.640. The molecule has 0 aromatic heterocycles. The van der Waals surface area contributed by atoms with Crippen LogP contribution < -0.4 is 5.73 Å². The summed E-state index contributed by atoms with van der Waals surface area (Å²) in [5, 5.41) is 6.62. The van der Waals surface area contributed by atoms with Crippen molar-refractivity contribution in [3.63, 3.8) is 0 Å². The highest BCUT2D eigenvalue weighted by molar-refractivity contribution is 8.12. The maximum absolute atomic E-state index is 10.3. The van der Waals surface area contributed by atoms with Crippen molar-refractivity contribution in [1.29, 1.82) is 5.41 Å². The molecule has 3 nitrogen and oxygen atoms in total. The van der Waals surface area contributed by atoms with Gasteiger partial charge in [-0.1, -0.05) is 12.6 Å². The minimum atomic E-state index is -0.718. The first kappa shape index (κ1) is 8.45. The Hall–Kier alpha value is -0.550. The van der Waals surface area contributed by atoms with Gasteiger partial charge in [-0.25, -0.2) is 4.79 Å². The summed E-state index contributed by atoms with van der Waals surface area (Å²) in [7, 11) is 0. The second kappa shape index (κ2) is 3.47. The maximum Gasteiger partial charge on any atom is 0.416 e. The maximum atomic E-state index is 10.3. The highest BCUT2D eigenvalue weighted by atomic mass is 32.1. The van der Waals surface area contributed by atoms with Crippen LogP contribution in [-0.2, 0) is 4.79 Å². The molecule has 0 saturated heterocycles. The monoisotopic (exact) mass is 161 g/mol. The predicted molar refractivity (Wildman–Crippen MR) is 42.8 cm³/mol. The molecule has 0 aliphatic carbocycles. The standard InChI is InChI=1S/C4H4N2OS2/c5-1-2(3(6)7)4(8)9/h1,5H,(H2-,6,7,8,9)/p+1. The van der Waals surface area contributed by atoms with Gasteiger partial charge in [0, 0.05) is 0 Å². The van der Waals surface area contributed by atoms with E-state index >= 15 is 0 Å². The van der Waals surface area contributed by atoms with Gasteiger partial charge < -0.3 is 5.73 Å². The molecule has 0 radical (unpaired) electrons. The molecule has 0 aromatic rings. The first-order valence-corrected chi connectivity index (χ1v) is 2.85. The van der Waals surface area contributed by atoms with E-state index in [1.807, 2.05) is 0 Å². The number of thiocarbonyl (C=S) groups is 1. The summed E-state index contributed by atoms with van der Waals surface area (Å²) in [5.41, 5.74) is 4.78. The molecule has 0 aliphatic rings. The van der Waals surface area contributed by atoms with Gasteiger partial charge >= 0.3 is 5.91 Å². The molecule has 48 valence electrons. The second-order valence-electron chi connectivity index (χ2n) is 1.23. The fraction of sp³-hybridized carbons (Fsp3) is 0. The summed E-state index contributed by atoms with van der Waals surface area (Å²) in [6.45, 7) is 0. The van der Waals surface area contributed by atoms with E-state index < -0.39 is 5.91 Å². The van der Waals surface area contributed by atoms with Gasteiger partial charge in [0.2, 0.25) is 4.20 Å². The van der Waals surface area contributed by atoms with E-state index in [1.54, 1.807) is 0 Å². The molecule has 0 atom stereocenters. The Morgan fingerprint density at radius 2 is 2.33 bits per heavy atom. The minimum absolute atomic E-state index is 0.0340. The largest absolute Gasteiger partial charge is 0.416 e. The first-order valence-electron chi connectivity index (χ1n) is 2.00. The smallest absolute Gasteiger partial charge is 0.328 e. The van der Waals surface area contributed by atoms with Crippen molar-refractivity contribution in [1.82, 2.24) is 0 Å². The van der Waals surface area contributed by atoms with Crippen LogP contribution in [0.25, 0.3) is 0 Å². The normalized spacial score (nSPS) is 8.11. The van der Waals surface area contributed by atoms with Crippen molar-refractivity contribution < 1.29 is 4.79 Å². The Bertz CT molecular complexity index is 143. The SMILES string of the molecule is N=C[C+](C(N)=O)C(=S)S. The number of carbonyl (C=O) groups excluding carboxylic acids is 1. The molecule has 0 heterocycles. The van der Waals surface area contributed by atoms with E-state index in [9.17, 15) is 4.79 Å². The van der Waals surface area contributed by atoms with Gasteiger partial charge in [0.15, 0.2) is 6.21 Å². The molecular weight excluding hydrogens is 156 g/mol. The van der Waals surface area contributed by atoms with Crippen molar-refractivity contribution in [2.24, 2.45) is 5.73 Å². The number of thiol groups is 1. The Morgan fingerprint density at radius 3 is 2.33 bits per heavy atom. The van der Waals surface area contributed by atoms with E-state index in [0.29, 0.717) is 0 Å². The summed E-state index contributed by atoms with van der Waals surface area (Å²) >= 11 is 8.12. The highest BCUT2D eigenvalue weighted by Gasteiger charge is 2.30. The highest BCUT2D eigenvalue weighted by Crippen LogP contribution is 2.01. The van der Waals surface area contributed by atoms with Gasteiger partial charge in [-0.2, -0.15) is 0 Å². The Kier molecular flexibility index (Phi) is 3.26. The van der Waals surface area contributed by atoms with Gasteiger partial charge in [0.25, 0.3) is 5.92 Å². The van der Waals surface area contributed by atoms with E-state index in [1.165, 1.54) is 0 Å². The molecule has 0 fully saturated rings. The average molecular weight is 161 g/mol. The molecule has 0 aliphatic heterocycles. The number of nitrogens with one attached hydrogen (secondary N) is 1. The molecule has 3 N–H and O–H groups in total. The summed E-state index contributed by atoms with van der Waals surface area (Å²) < 4.78 is 0.0532. The Balaban J connectivity index is 4.16. The molecule has 0 saturated carbocycles. The topological polar surface area (TPSA) is 66.9 Å². The third kappa shape index (κ3) is 2.48. The van der Waals surface area contributed by atoms with Crippen molar-refractivity contribution >= 4 is 41.2 Å². The molecule has 0 rings (SSSR count). The van der Waals surface area contributed by atoms with Gasteiger partial charge in [0.05, 0.1) is 0 Å². The molecule has 1 amide bonds. The fourth-order valence-corrected chi connectivity index (χ4v) is 0.573. The summed E-state index contributed by atoms with van der Waals surface area (Å²) in [4.78, 5) is 10.3. The van der Waals surface area contributed by atoms with E-state index in [2.05, 4.69) is 24.8 Å². The zero-order chi connectivity index (χ0) is 7.44. The first-order chi connectivity index (χ1) is 4.09. The average Bonchev–Trinajstić information content (AvgIpc) is 1.64. The number of primary amides is 1. The molecule has 5 heteroatoms. The lowest BCUT2D eigenvalue weighted by Crippen LogP contribution is -2.25. The van der Waals surface area contributed by atoms with Crippen LogP contribution in [0.1, 0.15) is 0 Å². The zero-order valence-electron chi connectivity index (χ0n) is 4.42. The number of nitrogens with two attached hydrogens (primary N) is 1. The Labute approximate surface area is 63.5 Å². The molecule has 0 aromatic carbocycles. The lowest BCUT2D eigenvalue weighted by molar-refractivity contribution is -0.114. The summed E-state index contributed by atoms with van der Waals surface area (Å²) in [6, 6.07) is 0. The zero-order valence-corrected chi connectivity index (χ0v) is 6.13. The number of rotatable bonds is 3. The number of hydrogen-bond donors (Lipinski definition) is 3. The predicted octanol–water partition coefficient (Wildman–Crippen LogP) is -0.0470. The van der Waals surface area contributed by atoms with E-state index in [4.69, 9.17) is 11.1 Å².